The summed E-state index contributed by atoms with van der Waals surface area (Å²) in [4.78, 5) is 41.9. The third-order valence-electron chi connectivity index (χ3n) is 5.70. The Kier molecular flexibility index (Phi) is 4.45. The average Bonchev–Trinajstić information content (AvgIpc) is 2.67. The fourth-order valence-electron chi connectivity index (χ4n) is 4.15. The van der Waals surface area contributed by atoms with Gasteiger partial charge in [0.1, 0.15) is 11.4 Å². The van der Waals surface area contributed by atoms with Gasteiger partial charge < -0.3 is 19.1 Å². The minimum absolute atomic E-state index is 0.0353. The number of likely N-dealkylation sites (N-methyl/N-ethyl adjacent to an activating group) is 1. The summed E-state index contributed by atoms with van der Waals surface area (Å²) in [5, 5.41) is 0.0353. The van der Waals surface area contributed by atoms with Gasteiger partial charge in [-0.15, -0.1) is 0 Å². The lowest BCUT2D eigenvalue weighted by Crippen LogP contribution is -2.45. The van der Waals surface area contributed by atoms with Crippen LogP contribution in [0.3, 0.4) is 0 Å². The number of nitrogens with zero attached hydrogens (tertiary/aromatic N) is 3. The lowest BCUT2D eigenvalue weighted by molar-refractivity contribution is 0.0598. The zero-order valence-corrected chi connectivity index (χ0v) is 16.1. The molecule has 2 aliphatic heterocycles. The highest BCUT2D eigenvalue weighted by Gasteiger charge is 2.33. The van der Waals surface area contributed by atoms with Gasteiger partial charge in [-0.1, -0.05) is 0 Å². The number of ketones is 1. The van der Waals surface area contributed by atoms with Crippen LogP contribution in [0.15, 0.2) is 17.1 Å². The van der Waals surface area contributed by atoms with Gasteiger partial charge in [0.25, 0.3) is 0 Å². The molecule has 1 saturated heterocycles. The van der Waals surface area contributed by atoms with Crippen LogP contribution in [0.4, 0.5) is 10.1 Å². The van der Waals surface area contributed by atoms with Crippen molar-refractivity contribution in [3.63, 3.8) is 0 Å². The number of hydrogen-bond donors (Lipinski definition) is 0. The molecule has 8 heteroatoms. The predicted molar refractivity (Wildman–Crippen MR) is 103 cm³/mol. The highest BCUT2D eigenvalue weighted by Crippen LogP contribution is 2.38. The highest BCUT2D eigenvalue weighted by atomic mass is 19.1. The quantitative estimate of drug-likeness (QED) is 0.732. The summed E-state index contributed by atoms with van der Waals surface area (Å²) in [6.07, 6.45) is 1.61. The van der Waals surface area contributed by atoms with Crippen molar-refractivity contribution in [1.82, 2.24) is 9.47 Å². The first-order chi connectivity index (χ1) is 13.3. The number of pyridine rings is 1. The van der Waals surface area contributed by atoms with Gasteiger partial charge >= 0.3 is 5.97 Å². The van der Waals surface area contributed by atoms with Crippen molar-refractivity contribution in [2.75, 3.05) is 45.2 Å². The molecule has 3 heterocycles. The Morgan fingerprint density at radius 3 is 2.54 bits per heavy atom. The fourth-order valence-corrected chi connectivity index (χ4v) is 4.15. The minimum Gasteiger partial charge on any atom is -0.465 e. The summed E-state index contributed by atoms with van der Waals surface area (Å²) in [5.41, 5.74) is 0.123. The van der Waals surface area contributed by atoms with Gasteiger partial charge in [-0.25, -0.2) is 9.18 Å². The van der Waals surface area contributed by atoms with E-state index in [1.807, 2.05) is 18.9 Å². The van der Waals surface area contributed by atoms with E-state index in [4.69, 9.17) is 4.74 Å². The number of esters is 1. The largest absolute Gasteiger partial charge is 0.465 e. The Balaban J connectivity index is 2.04. The maximum absolute atomic E-state index is 15.2. The van der Waals surface area contributed by atoms with Crippen LogP contribution in [0.1, 0.15) is 40.1 Å². The number of aromatic nitrogens is 1. The van der Waals surface area contributed by atoms with Crippen LogP contribution in [0.5, 0.6) is 0 Å². The molecule has 28 heavy (non-hydrogen) atoms. The number of carbonyl (C=O) groups excluding carboxylic acids is 2. The van der Waals surface area contributed by atoms with Crippen molar-refractivity contribution in [3.05, 3.63) is 39.4 Å². The number of hydrogen-bond acceptors (Lipinski definition) is 6. The molecule has 1 atom stereocenters. The molecular formula is C20H22FN3O4. The molecule has 2 aromatic rings. The molecule has 0 saturated carbocycles. The van der Waals surface area contributed by atoms with Crippen molar-refractivity contribution in [1.29, 1.82) is 0 Å². The summed E-state index contributed by atoms with van der Waals surface area (Å²) in [5.74, 6) is -1.57. The van der Waals surface area contributed by atoms with E-state index < -0.39 is 17.2 Å². The van der Waals surface area contributed by atoms with Gasteiger partial charge in [0.2, 0.25) is 5.43 Å². The Morgan fingerprint density at radius 2 is 1.89 bits per heavy atom. The van der Waals surface area contributed by atoms with Crippen LogP contribution in [-0.2, 0) is 4.74 Å². The SMILES string of the molecule is COC(=O)c1cn2c3c(c(N4CCN(C)CC4)c(F)cc3c1=O)C(=O)CC2C. The van der Waals surface area contributed by atoms with Crippen LogP contribution >= 0.6 is 0 Å². The second-order valence-electron chi connectivity index (χ2n) is 7.52. The fraction of sp³-hybridized carbons (Fsp3) is 0.450. The van der Waals surface area contributed by atoms with E-state index in [1.165, 1.54) is 13.3 Å². The van der Waals surface area contributed by atoms with Crippen LogP contribution in [0.2, 0.25) is 0 Å². The number of rotatable bonds is 2. The van der Waals surface area contributed by atoms with Crippen molar-refractivity contribution < 1.29 is 18.7 Å². The Hall–Kier alpha value is -2.74. The molecular weight excluding hydrogens is 365 g/mol. The summed E-state index contributed by atoms with van der Waals surface area (Å²) >= 11 is 0. The van der Waals surface area contributed by atoms with E-state index >= 15 is 4.39 Å². The van der Waals surface area contributed by atoms with Crippen LogP contribution < -0.4 is 10.3 Å². The summed E-state index contributed by atoms with van der Waals surface area (Å²) in [7, 11) is 3.19. The number of Topliss-reactive ketones (excluding diaryl/α,β-unsaturated/α-hetero) is 1. The number of ether oxygens (including phenoxy) is 1. The zero-order valence-electron chi connectivity index (χ0n) is 16.1. The second kappa shape index (κ2) is 6.70. The zero-order chi connectivity index (χ0) is 20.2. The molecule has 1 aromatic heterocycles. The first-order valence-electron chi connectivity index (χ1n) is 9.29. The molecule has 0 aliphatic carbocycles. The summed E-state index contributed by atoms with van der Waals surface area (Å²) < 4.78 is 21.6. The van der Waals surface area contributed by atoms with E-state index in [2.05, 4.69) is 4.90 Å². The summed E-state index contributed by atoms with van der Waals surface area (Å²) in [6.45, 7) is 4.55. The Bertz CT molecular complexity index is 1050. The van der Waals surface area contributed by atoms with Crippen LogP contribution in [0, 0.1) is 5.82 Å². The minimum atomic E-state index is -0.773. The maximum Gasteiger partial charge on any atom is 0.343 e. The lowest BCUT2D eigenvalue weighted by Gasteiger charge is -2.37. The lowest BCUT2D eigenvalue weighted by atomic mass is 9.92. The number of methoxy groups -OCH3 is 1. The third kappa shape index (κ3) is 2.71. The van der Waals surface area contributed by atoms with Crippen LogP contribution in [0.25, 0.3) is 10.9 Å². The van der Waals surface area contributed by atoms with Gasteiger partial charge in [0.15, 0.2) is 5.78 Å². The van der Waals surface area contributed by atoms with E-state index in [9.17, 15) is 14.4 Å². The molecule has 0 amide bonds. The average molecular weight is 387 g/mol. The highest BCUT2D eigenvalue weighted by molar-refractivity contribution is 6.13. The first kappa shape index (κ1) is 18.6. The van der Waals surface area contributed by atoms with Gasteiger partial charge in [0, 0.05) is 44.8 Å². The molecule has 148 valence electrons. The number of halogens is 1. The molecule has 2 aliphatic rings. The molecule has 0 N–H and O–H groups in total. The van der Waals surface area contributed by atoms with Crippen molar-refractivity contribution in [3.8, 4) is 0 Å². The number of carbonyl (C=O) groups is 2. The number of piperazine rings is 1. The topological polar surface area (TPSA) is 71.8 Å². The molecule has 0 radical (unpaired) electrons. The van der Waals surface area contributed by atoms with E-state index in [1.54, 1.807) is 4.57 Å². The van der Waals surface area contributed by atoms with Gasteiger partial charge in [-0.2, -0.15) is 0 Å². The maximum atomic E-state index is 15.2. The number of anilines is 1. The van der Waals surface area contributed by atoms with Gasteiger partial charge in [-0.05, 0) is 20.0 Å². The normalized spacial score (nSPS) is 19.9. The Labute approximate surface area is 161 Å². The van der Waals surface area contributed by atoms with E-state index in [0.29, 0.717) is 18.6 Å². The second-order valence-corrected chi connectivity index (χ2v) is 7.52. The third-order valence-corrected chi connectivity index (χ3v) is 5.70. The molecule has 4 rings (SSSR count). The van der Waals surface area contributed by atoms with Gasteiger partial charge in [-0.3, -0.25) is 9.59 Å². The monoisotopic (exact) mass is 387 g/mol. The molecule has 1 fully saturated rings. The molecule has 1 unspecified atom stereocenters. The van der Waals surface area contributed by atoms with E-state index in [-0.39, 0.29) is 40.4 Å². The summed E-state index contributed by atoms with van der Waals surface area (Å²) in [6, 6.07) is 0.903. The van der Waals surface area contributed by atoms with E-state index in [0.717, 1.165) is 19.2 Å². The first-order valence-corrected chi connectivity index (χ1v) is 9.29. The predicted octanol–water partition coefficient (Wildman–Crippen LogP) is 1.83. The molecule has 7 nitrogen and oxygen atoms in total. The van der Waals surface area contributed by atoms with Crippen molar-refractivity contribution >= 4 is 28.3 Å². The standard InChI is InChI=1S/C20H22FN3O4/c1-11-8-15(25)16-17-12(19(26)13(10-24(11)17)20(27)28-3)9-14(21)18(16)23-6-4-22(2)5-7-23/h9-11H,4-8H2,1-3H3. The molecule has 0 bridgehead atoms. The smallest absolute Gasteiger partial charge is 0.343 e. The van der Waals surface area contributed by atoms with Crippen LogP contribution in [-0.4, -0.2) is 61.6 Å². The van der Waals surface area contributed by atoms with Gasteiger partial charge in [0.05, 0.1) is 29.3 Å². The van der Waals surface area contributed by atoms with Crippen molar-refractivity contribution in [2.24, 2.45) is 0 Å². The molecule has 1 aromatic carbocycles. The Morgan fingerprint density at radius 1 is 1.21 bits per heavy atom. The van der Waals surface area contributed by atoms with Crippen molar-refractivity contribution in [2.45, 2.75) is 19.4 Å². The number of benzene rings is 1. The molecule has 0 spiro atoms.